The van der Waals surface area contributed by atoms with E-state index in [1.54, 1.807) is 24.3 Å². The minimum absolute atomic E-state index is 0.148. The van der Waals surface area contributed by atoms with Crippen molar-refractivity contribution in [1.82, 2.24) is 4.98 Å². The third kappa shape index (κ3) is 2.20. The fourth-order valence-electron chi connectivity index (χ4n) is 1.54. The highest BCUT2D eigenvalue weighted by molar-refractivity contribution is 5.94. The van der Waals surface area contributed by atoms with Gasteiger partial charge in [0.05, 0.1) is 0 Å². The van der Waals surface area contributed by atoms with Crippen LogP contribution in [0.5, 0.6) is 5.75 Å². The van der Waals surface area contributed by atoms with E-state index in [4.69, 9.17) is 5.73 Å². The predicted octanol–water partition coefficient (Wildman–Crippen LogP) is 1.01. The van der Waals surface area contributed by atoms with Crippen molar-refractivity contribution in [2.45, 2.75) is 0 Å². The SMILES string of the molecule is NC(=O)c1cccc(-c2cnc([C]=O)c(O)c2)c1. The van der Waals surface area contributed by atoms with E-state index < -0.39 is 5.91 Å². The molecule has 0 spiro atoms. The number of rotatable bonds is 3. The van der Waals surface area contributed by atoms with Crippen LogP contribution in [0.1, 0.15) is 16.1 Å². The summed E-state index contributed by atoms with van der Waals surface area (Å²) in [7, 11) is 0. The molecular weight excluding hydrogens is 232 g/mol. The summed E-state index contributed by atoms with van der Waals surface area (Å²) in [5.41, 5.74) is 6.64. The Labute approximate surface area is 103 Å². The number of amides is 1. The molecule has 0 fully saturated rings. The Balaban J connectivity index is 2.48. The topological polar surface area (TPSA) is 93.3 Å². The molecule has 1 aromatic heterocycles. The van der Waals surface area contributed by atoms with Gasteiger partial charge in [0.15, 0.2) is 5.69 Å². The first-order valence-electron chi connectivity index (χ1n) is 5.09. The van der Waals surface area contributed by atoms with Crippen LogP contribution < -0.4 is 5.73 Å². The minimum Gasteiger partial charge on any atom is -0.506 e. The van der Waals surface area contributed by atoms with E-state index in [1.807, 2.05) is 0 Å². The summed E-state index contributed by atoms with van der Waals surface area (Å²) in [6.07, 6.45) is 2.94. The van der Waals surface area contributed by atoms with Gasteiger partial charge in [0.25, 0.3) is 6.29 Å². The number of benzene rings is 1. The molecule has 0 unspecified atom stereocenters. The highest BCUT2D eigenvalue weighted by atomic mass is 16.3. The molecule has 18 heavy (non-hydrogen) atoms. The fraction of sp³-hybridized carbons (Fsp3) is 0. The lowest BCUT2D eigenvalue weighted by molar-refractivity contribution is 0.100. The van der Waals surface area contributed by atoms with Gasteiger partial charge in [0.1, 0.15) is 5.75 Å². The fourth-order valence-corrected chi connectivity index (χ4v) is 1.54. The Bertz CT molecular complexity index is 623. The monoisotopic (exact) mass is 241 g/mol. The number of primary amides is 1. The van der Waals surface area contributed by atoms with Gasteiger partial charge in [-0.3, -0.25) is 9.59 Å². The van der Waals surface area contributed by atoms with Gasteiger partial charge in [0, 0.05) is 17.3 Å². The number of hydrogen-bond donors (Lipinski definition) is 2. The molecule has 1 radical (unpaired) electrons. The predicted molar refractivity (Wildman–Crippen MR) is 64.7 cm³/mol. The van der Waals surface area contributed by atoms with Crippen molar-refractivity contribution in [3.05, 3.63) is 47.8 Å². The van der Waals surface area contributed by atoms with Crippen LogP contribution in [0.25, 0.3) is 11.1 Å². The standard InChI is InChI=1S/C13H9N2O3/c14-13(18)9-3-1-2-8(4-9)10-5-12(17)11(7-16)15-6-10/h1-6,17H,(H2,14,18). The second-order valence-corrected chi connectivity index (χ2v) is 3.64. The van der Waals surface area contributed by atoms with Gasteiger partial charge in [0.2, 0.25) is 5.91 Å². The van der Waals surface area contributed by atoms with E-state index in [9.17, 15) is 14.7 Å². The average Bonchev–Trinajstić information content (AvgIpc) is 2.38. The van der Waals surface area contributed by atoms with E-state index in [0.717, 1.165) is 0 Å². The Kier molecular flexibility index (Phi) is 3.05. The van der Waals surface area contributed by atoms with E-state index >= 15 is 0 Å². The van der Waals surface area contributed by atoms with Gasteiger partial charge in [-0.05, 0) is 23.8 Å². The van der Waals surface area contributed by atoms with E-state index in [-0.39, 0.29) is 11.4 Å². The smallest absolute Gasteiger partial charge is 0.257 e. The molecule has 2 rings (SSSR count). The zero-order valence-corrected chi connectivity index (χ0v) is 9.25. The second-order valence-electron chi connectivity index (χ2n) is 3.64. The van der Waals surface area contributed by atoms with Crippen LogP contribution in [0.3, 0.4) is 0 Å². The molecule has 0 saturated carbocycles. The minimum atomic E-state index is -0.535. The summed E-state index contributed by atoms with van der Waals surface area (Å²) >= 11 is 0. The zero-order chi connectivity index (χ0) is 13.1. The summed E-state index contributed by atoms with van der Waals surface area (Å²) in [5, 5.41) is 9.51. The number of nitrogens with two attached hydrogens (primary N) is 1. The summed E-state index contributed by atoms with van der Waals surface area (Å²) in [5.74, 6) is -0.793. The molecule has 0 aliphatic carbocycles. The van der Waals surface area contributed by atoms with Crippen molar-refractivity contribution >= 4 is 12.2 Å². The van der Waals surface area contributed by atoms with E-state index in [1.165, 1.54) is 18.5 Å². The molecule has 1 heterocycles. The molecule has 0 aliphatic heterocycles. The molecular formula is C13H9N2O3. The zero-order valence-electron chi connectivity index (χ0n) is 9.25. The summed E-state index contributed by atoms with van der Waals surface area (Å²) in [6.45, 7) is 0. The molecule has 0 aliphatic rings. The number of nitrogens with zero attached hydrogens (tertiary/aromatic N) is 1. The maximum absolute atomic E-state index is 11.1. The van der Waals surface area contributed by atoms with Crippen LogP contribution in [0.2, 0.25) is 0 Å². The first-order chi connectivity index (χ1) is 8.61. The van der Waals surface area contributed by atoms with Crippen LogP contribution >= 0.6 is 0 Å². The number of aromatic hydroxyl groups is 1. The molecule has 5 heteroatoms. The molecule has 0 bridgehead atoms. The van der Waals surface area contributed by atoms with Crippen molar-refractivity contribution in [1.29, 1.82) is 0 Å². The maximum atomic E-state index is 11.1. The quantitative estimate of drug-likeness (QED) is 0.838. The molecule has 89 valence electrons. The largest absolute Gasteiger partial charge is 0.506 e. The highest BCUT2D eigenvalue weighted by Gasteiger charge is 2.07. The van der Waals surface area contributed by atoms with Crippen molar-refractivity contribution in [3.8, 4) is 16.9 Å². The van der Waals surface area contributed by atoms with E-state index in [0.29, 0.717) is 16.7 Å². The van der Waals surface area contributed by atoms with Crippen molar-refractivity contribution in [2.75, 3.05) is 0 Å². The average molecular weight is 241 g/mol. The Hall–Kier alpha value is -2.69. The first kappa shape index (κ1) is 11.8. The highest BCUT2D eigenvalue weighted by Crippen LogP contribution is 2.24. The van der Waals surface area contributed by atoms with Crippen LogP contribution in [0.15, 0.2) is 36.5 Å². The van der Waals surface area contributed by atoms with Crippen molar-refractivity contribution in [3.63, 3.8) is 0 Å². The van der Waals surface area contributed by atoms with Crippen LogP contribution in [0.4, 0.5) is 0 Å². The lowest BCUT2D eigenvalue weighted by Crippen LogP contribution is -2.10. The lowest BCUT2D eigenvalue weighted by atomic mass is 10.0. The van der Waals surface area contributed by atoms with Gasteiger partial charge in [-0.25, -0.2) is 4.98 Å². The summed E-state index contributed by atoms with van der Waals surface area (Å²) in [6, 6.07) is 7.97. The third-order valence-electron chi connectivity index (χ3n) is 2.44. The normalized spacial score (nSPS) is 10.0. The second kappa shape index (κ2) is 4.67. The van der Waals surface area contributed by atoms with Gasteiger partial charge < -0.3 is 10.8 Å². The summed E-state index contributed by atoms with van der Waals surface area (Å²) < 4.78 is 0. The number of aromatic nitrogens is 1. The summed E-state index contributed by atoms with van der Waals surface area (Å²) in [4.78, 5) is 25.2. The Morgan fingerprint density at radius 3 is 2.67 bits per heavy atom. The van der Waals surface area contributed by atoms with Crippen LogP contribution in [-0.2, 0) is 4.79 Å². The Morgan fingerprint density at radius 2 is 2.06 bits per heavy atom. The lowest BCUT2D eigenvalue weighted by Gasteiger charge is -2.04. The van der Waals surface area contributed by atoms with Crippen LogP contribution in [0, 0.1) is 0 Å². The van der Waals surface area contributed by atoms with Gasteiger partial charge >= 0.3 is 0 Å². The number of hydrogen-bond acceptors (Lipinski definition) is 4. The molecule has 1 aromatic carbocycles. The van der Waals surface area contributed by atoms with Gasteiger partial charge in [-0.15, -0.1) is 0 Å². The van der Waals surface area contributed by atoms with Crippen LogP contribution in [-0.4, -0.2) is 22.3 Å². The maximum Gasteiger partial charge on any atom is 0.257 e. The molecule has 3 N–H and O–H groups in total. The Morgan fingerprint density at radius 1 is 1.28 bits per heavy atom. The van der Waals surface area contributed by atoms with Crippen molar-refractivity contribution in [2.24, 2.45) is 5.73 Å². The number of carbonyl (C=O) groups excluding carboxylic acids is 2. The first-order valence-corrected chi connectivity index (χ1v) is 5.09. The molecule has 0 atom stereocenters. The molecule has 0 saturated heterocycles. The number of carbonyl (C=O) groups is 1. The molecule has 5 nitrogen and oxygen atoms in total. The molecule has 2 aromatic rings. The van der Waals surface area contributed by atoms with Gasteiger partial charge in [-0.1, -0.05) is 12.1 Å². The third-order valence-corrected chi connectivity index (χ3v) is 2.44. The van der Waals surface area contributed by atoms with Crippen molar-refractivity contribution < 1.29 is 14.7 Å². The number of pyridine rings is 1. The van der Waals surface area contributed by atoms with E-state index in [2.05, 4.69) is 4.98 Å². The van der Waals surface area contributed by atoms with Gasteiger partial charge in [-0.2, -0.15) is 0 Å². The molecule has 1 amide bonds.